The fourth-order valence-corrected chi connectivity index (χ4v) is 3.14. The lowest BCUT2D eigenvalue weighted by atomic mass is 9.80. The van der Waals surface area contributed by atoms with Gasteiger partial charge in [0.2, 0.25) is 0 Å². The van der Waals surface area contributed by atoms with E-state index in [4.69, 9.17) is 0 Å². The highest BCUT2D eigenvalue weighted by Crippen LogP contribution is 2.63. The molecule has 0 fully saturated rings. The summed E-state index contributed by atoms with van der Waals surface area (Å²) in [4.78, 5) is 0. The van der Waals surface area contributed by atoms with Crippen molar-refractivity contribution in [2.75, 3.05) is 7.11 Å². The summed E-state index contributed by atoms with van der Waals surface area (Å²) in [7, 11) is 0.628. The van der Waals surface area contributed by atoms with E-state index in [0.717, 1.165) is 6.07 Å². The van der Waals surface area contributed by atoms with Gasteiger partial charge in [0.25, 0.3) is 0 Å². The molecule has 1 nitrogen and oxygen atoms in total. The van der Waals surface area contributed by atoms with E-state index in [2.05, 4.69) is 4.74 Å². The van der Waals surface area contributed by atoms with Crippen LogP contribution in [0.15, 0.2) is 24.3 Å². The van der Waals surface area contributed by atoms with Crippen molar-refractivity contribution in [3.05, 3.63) is 35.4 Å². The number of benzene rings is 1. The van der Waals surface area contributed by atoms with E-state index in [1.807, 2.05) is 0 Å². The molecule has 1 aromatic rings. The monoisotopic (exact) mass is 560 g/mol. The zero-order valence-electron chi connectivity index (χ0n) is 18.7. The summed E-state index contributed by atoms with van der Waals surface area (Å²) in [6.45, 7) is 4.51. The number of rotatable bonds is 9. The molecule has 0 spiro atoms. The van der Waals surface area contributed by atoms with Crippen LogP contribution in [-0.4, -0.2) is 48.8 Å². The van der Waals surface area contributed by atoms with Gasteiger partial charge in [-0.15, -0.1) is 0 Å². The van der Waals surface area contributed by atoms with Crippen molar-refractivity contribution in [3.63, 3.8) is 0 Å². The molecule has 0 saturated heterocycles. The number of halogens is 15. The molecule has 0 aliphatic heterocycles. The molecular formula is C20H19F15O. The van der Waals surface area contributed by atoms with Crippen molar-refractivity contribution in [1.82, 2.24) is 0 Å². The molecule has 0 N–H and O–H groups in total. The van der Waals surface area contributed by atoms with E-state index in [0.29, 0.717) is 7.11 Å². The zero-order valence-corrected chi connectivity index (χ0v) is 18.7. The fourth-order valence-electron chi connectivity index (χ4n) is 3.14. The Morgan fingerprint density at radius 2 is 1.00 bits per heavy atom. The molecular weight excluding hydrogens is 541 g/mol. The van der Waals surface area contributed by atoms with Crippen molar-refractivity contribution in [2.24, 2.45) is 0 Å². The molecule has 0 aromatic heterocycles. The molecule has 0 radical (unpaired) electrons. The molecule has 1 aromatic carbocycles. The van der Waals surface area contributed by atoms with Crippen molar-refractivity contribution >= 4 is 0 Å². The van der Waals surface area contributed by atoms with E-state index in [-0.39, 0.29) is 11.1 Å². The van der Waals surface area contributed by atoms with E-state index in [1.165, 1.54) is 39.0 Å². The van der Waals surface area contributed by atoms with Crippen LogP contribution >= 0.6 is 0 Å². The van der Waals surface area contributed by atoms with Gasteiger partial charge in [0.1, 0.15) is 0 Å². The summed E-state index contributed by atoms with van der Waals surface area (Å²) < 4.78 is 206. The Balaban J connectivity index is 3.60. The van der Waals surface area contributed by atoms with Crippen LogP contribution in [0.25, 0.3) is 0 Å². The first kappa shape index (κ1) is 32.2. The van der Waals surface area contributed by atoms with Gasteiger partial charge in [-0.1, -0.05) is 45.0 Å². The standard InChI is InChI=1S/C20H19F15O/c1-13(2,3)11-8-6-5-7-10(11)12(36-4)9-14(21,22)15(23,24)16(25,26)17(27,28)18(29,30)19(31,32)20(33,34)35/h5-8,12H,9H2,1-4H3. The van der Waals surface area contributed by atoms with E-state index in [1.54, 1.807) is 0 Å². The summed E-state index contributed by atoms with van der Waals surface area (Å²) in [5, 5.41) is 0. The lowest BCUT2D eigenvalue weighted by Crippen LogP contribution is -2.72. The third-order valence-corrected chi connectivity index (χ3v) is 5.23. The smallest absolute Gasteiger partial charge is 0.377 e. The first-order valence-electron chi connectivity index (χ1n) is 9.61. The molecule has 36 heavy (non-hydrogen) atoms. The summed E-state index contributed by atoms with van der Waals surface area (Å²) in [5.41, 5.74) is -1.11. The quantitative estimate of drug-likeness (QED) is 0.276. The van der Waals surface area contributed by atoms with Gasteiger partial charge in [-0.05, 0) is 16.5 Å². The van der Waals surface area contributed by atoms with Gasteiger partial charge in [-0.2, -0.15) is 65.9 Å². The van der Waals surface area contributed by atoms with Crippen LogP contribution in [-0.2, 0) is 10.2 Å². The Hall–Kier alpha value is -1.87. The molecule has 1 rings (SSSR count). The van der Waals surface area contributed by atoms with Crippen LogP contribution in [0.5, 0.6) is 0 Å². The van der Waals surface area contributed by atoms with Gasteiger partial charge in [0.15, 0.2) is 0 Å². The first-order valence-corrected chi connectivity index (χ1v) is 9.61. The molecule has 0 aliphatic carbocycles. The van der Waals surface area contributed by atoms with E-state index >= 15 is 0 Å². The molecule has 210 valence electrons. The second-order valence-electron chi connectivity index (χ2n) is 8.84. The lowest BCUT2D eigenvalue weighted by molar-refractivity contribution is -0.453. The van der Waals surface area contributed by atoms with Crippen molar-refractivity contribution in [2.45, 2.75) is 80.4 Å². The number of alkyl halides is 15. The predicted molar refractivity (Wildman–Crippen MR) is 95.2 cm³/mol. The van der Waals surface area contributed by atoms with Crippen LogP contribution in [0, 0.1) is 0 Å². The van der Waals surface area contributed by atoms with Crippen LogP contribution in [0.2, 0.25) is 0 Å². The van der Waals surface area contributed by atoms with Gasteiger partial charge in [-0.3, -0.25) is 0 Å². The molecule has 16 heteroatoms. The summed E-state index contributed by atoms with van der Waals surface area (Å²) >= 11 is 0. The lowest BCUT2D eigenvalue weighted by Gasteiger charge is -2.42. The van der Waals surface area contributed by atoms with Crippen LogP contribution in [0.1, 0.15) is 44.4 Å². The molecule has 0 bridgehead atoms. The van der Waals surface area contributed by atoms with Crippen molar-refractivity contribution < 1.29 is 70.6 Å². The number of hydrogen-bond donors (Lipinski definition) is 0. The van der Waals surface area contributed by atoms with Gasteiger partial charge < -0.3 is 4.74 Å². The maximum atomic E-state index is 14.4. The summed E-state index contributed by atoms with van der Waals surface area (Å²) in [5.74, 6) is -46.6. The molecule has 0 amide bonds. The van der Waals surface area contributed by atoms with Gasteiger partial charge in [0.05, 0.1) is 6.10 Å². The summed E-state index contributed by atoms with van der Waals surface area (Å²) in [6.07, 6.45) is -12.5. The molecule has 0 heterocycles. The Bertz CT molecular complexity index is 912. The SMILES string of the molecule is COC(CC(F)(F)C(F)(F)C(F)(F)C(F)(F)C(F)(F)C(F)(F)C(F)(F)F)c1ccccc1C(C)(C)C. The number of methoxy groups -OCH3 is 1. The van der Waals surface area contributed by atoms with Gasteiger partial charge >= 0.3 is 41.7 Å². The Labute approximate surface area is 194 Å². The second kappa shape index (κ2) is 9.15. The van der Waals surface area contributed by atoms with E-state index in [9.17, 15) is 65.9 Å². The Kier molecular flexibility index (Phi) is 8.18. The minimum absolute atomic E-state index is 0.129. The van der Waals surface area contributed by atoms with Gasteiger partial charge in [-0.25, -0.2) is 0 Å². The van der Waals surface area contributed by atoms with Crippen LogP contribution < -0.4 is 0 Å². The van der Waals surface area contributed by atoms with E-state index < -0.39 is 59.7 Å². The maximum Gasteiger partial charge on any atom is 0.460 e. The van der Waals surface area contributed by atoms with Gasteiger partial charge in [0, 0.05) is 13.5 Å². The van der Waals surface area contributed by atoms with Crippen LogP contribution in [0.4, 0.5) is 65.9 Å². The summed E-state index contributed by atoms with van der Waals surface area (Å²) in [6, 6.07) is 4.85. The van der Waals surface area contributed by atoms with Crippen molar-refractivity contribution in [3.8, 4) is 0 Å². The normalized spacial score (nSPS) is 16.3. The molecule has 0 saturated carbocycles. The predicted octanol–water partition coefficient (Wildman–Crippen LogP) is 8.44. The number of hydrogen-bond acceptors (Lipinski definition) is 1. The molecule has 1 atom stereocenters. The highest BCUT2D eigenvalue weighted by Gasteiger charge is 2.93. The Morgan fingerprint density at radius 3 is 1.39 bits per heavy atom. The number of ether oxygens (including phenoxy) is 1. The molecule has 1 unspecified atom stereocenters. The minimum Gasteiger partial charge on any atom is -0.377 e. The largest absolute Gasteiger partial charge is 0.460 e. The molecule has 0 aliphatic rings. The fraction of sp³-hybridized carbons (Fsp3) is 0.700. The maximum absolute atomic E-state index is 14.4. The zero-order chi connectivity index (χ0) is 29.0. The third-order valence-electron chi connectivity index (χ3n) is 5.23. The topological polar surface area (TPSA) is 9.23 Å². The average molecular weight is 560 g/mol. The van der Waals surface area contributed by atoms with Crippen LogP contribution in [0.3, 0.4) is 0 Å². The highest BCUT2D eigenvalue weighted by atomic mass is 19.4. The first-order chi connectivity index (χ1) is 15.6. The average Bonchev–Trinajstić information content (AvgIpc) is 2.69. The highest BCUT2D eigenvalue weighted by molar-refractivity contribution is 5.35. The van der Waals surface area contributed by atoms with Crippen molar-refractivity contribution in [1.29, 1.82) is 0 Å². The third kappa shape index (κ3) is 4.85. The minimum atomic E-state index is -8.31. The Morgan fingerprint density at radius 1 is 0.611 bits per heavy atom. The second-order valence-corrected chi connectivity index (χ2v) is 8.84.